The Morgan fingerprint density at radius 1 is 0.312 bits per heavy atom. The van der Waals surface area contributed by atoms with Gasteiger partial charge in [0.25, 0.3) is 0 Å². The van der Waals surface area contributed by atoms with Crippen LogP contribution in [0.15, 0.2) is 0 Å². The molecule has 0 spiro atoms. The number of hydrogen-bond acceptors (Lipinski definition) is 12. The van der Waals surface area contributed by atoms with Crippen LogP contribution in [0.4, 0.5) is 0 Å². The number of unbranched alkanes of at least 4 members (excludes halogenated alkanes) is 3. The van der Waals surface area contributed by atoms with E-state index in [-0.39, 0.29) is 90.2 Å². The molecule has 0 radical (unpaired) electrons. The fourth-order valence-corrected chi connectivity index (χ4v) is 1.62. The molecule has 0 aliphatic carbocycles. The maximum atomic E-state index is 9.77. The van der Waals surface area contributed by atoms with Crippen molar-refractivity contribution in [2.45, 2.75) is 77.0 Å². The van der Waals surface area contributed by atoms with Crippen LogP contribution >= 0.6 is 0 Å². The fourth-order valence-electron chi connectivity index (χ4n) is 1.62. The summed E-state index contributed by atoms with van der Waals surface area (Å²) in [4.78, 5) is 58.6. The van der Waals surface area contributed by atoms with Gasteiger partial charge in [-0.05, 0) is 77.0 Å². The topological polar surface area (TPSA) is 241 Å². The minimum absolute atomic E-state index is 0. The number of carboxylic acids is 6. The van der Waals surface area contributed by atoms with Crippen LogP contribution in [0.2, 0.25) is 0 Å². The molecule has 0 saturated heterocycles. The molecule has 174 valence electrons. The monoisotopic (exact) mass is 662 g/mol. The van der Waals surface area contributed by atoms with Gasteiger partial charge in [0.2, 0.25) is 0 Å². The Labute approximate surface area is 223 Å². The predicted octanol–water partition coefficient (Wildman–Crippen LogP) is -6.62. The molecular formula is C18H24In2O12. The first-order valence-electron chi connectivity index (χ1n) is 9.07. The van der Waals surface area contributed by atoms with Crippen molar-refractivity contribution in [3.05, 3.63) is 0 Å². The van der Waals surface area contributed by atoms with Crippen molar-refractivity contribution in [1.29, 1.82) is 0 Å². The van der Waals surface area contributed by atoms with Crippen LogP contribution in [-0.2, 0) is 28.8 Å². The van der Waals surface area contributed by atoms with E-state index in [1.54, 1.807) is 0 Å². The molecule has 12 nitrogen and oxygen atoms in total. The Morgan fingerprint density at radius 2 is 0.406 bits per heavy atom. The standard InChI is InChI=1S/3C6H10O4.2In/c3*7-5(8)3-1-2-4-6(9)10;;/h3*1-4H2,(H,7,8)(H,9,10);;/q;;;2*+3/p-6. The quantitative estimate of drug-likeness (QED) is 0.149. The first-order chi connectivity index (χ1) is 13.9. The molecule has 0 aromatic carbocycles. The number of hydrogen-bond donors (Lipinski definition) is 0. The van der Waals surface area contributed by atoms with Gasteiger partial charge in [-0.1, -0.05) is 0 Å². The number of aliphatic carboxylic acids is 6. The van der Waals surface area contributed by atoms with Crippen molar-refractivity contribution in [3.63, 3.8) is 0 Å². The Balaban J connectivity index is -0.000000110. The zero-order valence-corrected chi connectivity index (χ0v) is 24.1. The molecule has 0 aromatic heterocycles. The van der Waals surface area contributed by atoms with Crippen LogP contribution in [-0.4, -0.2) is 87.5 Å². The summed E-state index contributed by atoms with van der Waals surface area (Å²) < 4.78 is 0. The van der Waals surface area contributed by atoms with E-state index in [1.165, 1.54) is 0 Å². The van der Waals surface area contributed by atoms with Gasteiger partial charge in [-0.2, -0.15) is 0 Å². The summed E-state index contributed by atoms with van der Waals surface area (Å²) in [5.41, 5.74) is 0. The average Bonchev–Trinajstić information content (AvgIpc) is 2.60. The number of rotatable bonds is 15. The second-order valence-electron chi connectivity index (χ2n) is 5.85. The molecule has 0 N–H and O–H groups in total. The normalized spacial score (nSPS) is 8.62. The largest absolute Gasteiger partial charge is 3.00 e. The SMILES string of the molecule is O=C([O-])CCCCC(=O)[O-].O=C([O-])CCCCC(=O)[O-].O=C([O-])CCCCC(=O)[O-].[In+3].[In+3]. The summed E-state index contributed by atoms with van der Waals surface area (Å²) in [6.07, 6.45) is 1.60. The molecule has 32 heavy (non-hydrogen) atoms. The molecule has 0 heterocycles. The van der Waals surface area contributed by atoms with Crippen molar-refractivity contribution in [2.75, 3.05) is 0 Å². The summed E-state index contributed by atoms with van der Waals surface area (Å²) in [5.74, 6) is -6.84. The van der Waals surface area contributed by atoms with Gasteiger partial charge in [-0.15, -0.1) is 0 Å². The second-order valence-corrected chi connectivity index (χ2v) is 5.85. The molecule has 0 fully saturated rings. The van der Waals surface area contributed by atoms with Gasteiger partial charge in [-0.3, -0.25) is 0 Å². The van der Waals surface area contributed by atoms with Crippen LogP contribution < -0.4 is 30.6 Å². The molecule has 0 amide bonds. The maximum absolute atomic E-state index is 9.77. The summed E-state index contributed by atoms with van der Waals surface area (Å²) in [6.45, 7) is 0. The molecule has 0 rings (SSSR count). The van der Waals surface area contributed by atoms with Crippen molar-refractivity contribution in [2.24, 2.45) is 0 Å². The molecule has 0 aromatic rings. The third kappa shape index (κ3) is 56.7. The van der Waals surface area contributed by atoms with Crippen molar-refractivity contribution in [1.82, 2.24) is 0 Å². The van der Waals surface area contributed by atoms with E-state index in [4.69, 9.17) is 0 Å². The van der Waals surface area contributed by atoms with Crippen molar-refractivity contribution < 1.29 is 59.4 Å². The summed E-state index contributed by atoms with van der Waals surface area (Å²) >= 11 is 0. The summed E-state index contributed by atoms with van der Waals surface area (Å²) in [5, 5.41) is 58.6. The second kappa shape index (κ2) is 29.6. The van der Waals surface area contributed by atoms with Gasteiger partial charge in [0.15, 0.2) is 0 Å². The van der Waals surface area contributed by atoms with Crippen LogP contribution in [0.1, 0.15) is 77.0 Å². The first kappa shape index (κ1) is 40.9. The maximum Gasteiger partial charge on any atom is 3.00 e. The van der Waals surface area contributed by atoms with E-state index < -0.39 is 35.8 Å². The van der Waals surface area contributed by atoms with E-state index in [0.717, 1.165) is 0 Å². The number of carbonyl (C=O) groups excluding carboxylic acids is 6. The van der Waals surface area contributed by atoms with Crippen LogP contribution in [0.3, 0.4) is 0 Å². The minimum atomic E-state index is -1.14. The minimum Gasteiger partial charge on any atom is -0.550 e. The summed E-state index contributed by atoms with van der Waals surface area (Å²) in [7, 11) is 0. The zero-order chi connectivity index (χ0) is 23.9. The molecule has 0 aliphatic heterocycles. The predicted molar refractivity (Wildman–Crippen MR) is 97.0 cm³/mol. The summed E-state index contributed by atoms with van der Waals surface area (Å²) in [6, 6.07) is 0. The van der Waals surface area contributed by atoms with Gasteiger partial charge < -0.3 is 59.4 Å². The average molecular weight is 662 g/mol. The van der Waals surface area contributed by atoms with E-state index >= 15 is 0 Å². The van der Waals surface area contributed by atoms with Gasteiger partial charge >= 0.3 is 51.7 Å². The fraction of sp³-hybridized carbons (Fsp3) is 0.667. The van der Waals surface area contributed by atoms with Gasteiger partial charge in [0.1, 0.15) is 0 Å². The molecule has 14 heteroatoms. The Morgan fingerprint density at radius 3 is 0.469 bits per heavy atom. The third-order valence-electron chi connectivity index (χ3n) is 3.04. The Bertz CT molecular complexity index is 428. The Kier molecular flexibility index (Phi) is 37.8. The van der Waals surface area contributed by atoms with E-state index in [2.05, 4.69) is 0 Å². The van der Waals surface area contributed by atoms with Gasteiger partial charge in [0, 0.05) is 35.8 Å². The zero-order valence-electron chi connectivity index (χ0n) is 17.5. The molecular weight excluding hydrogens is 638 g/mol. The van der Waals surface area contributed by atoms with E-state index in [9.17, 15) is 59.4 Å². The van der Waals surface area contributed by atoms with E-state index in [1.807, 2.05) is 0 Å². The van der Waals surface area contributed by atoms with Crippen LogP contribution in [0.5, 0.6) is 0 Å². The molecule has 0 bridgehead atoms. The van der Waals surface area contributed by atoms with Crippen molar-refractivity contribution in [3.8, 4) is 0 Å². The molecule has 0 saturated carbocycles. The molecule has 0 atom stereocenters. The van der Waals surface area contributed by atoms with Crippen LogP contribution in [0.25, 0.3) is 0 Å². The smallest absolute Gasteiger partial charge is 0.550 e. The molecule has 0 aliphatic rings. The first-order valence-corrected chi connectivity index (χ1v) is 9.07. The molecule has 0 unspecified atom stereocenters. The number of carbonyl (C=O) groups is 6. The third-order valence-corrected chi connectivity index (χ3v) is 3.04. The van der Waals surface area contributed by atoms with E-state index in [0.29, 0.717) is 38.5 Å². The van der Waals surface area contributed by atoms with Gasteiger partial charge in [-0.25, -0.2) is 0 Å². The van der Waals surface area contributed by atoms with Gasteiger partial charge in [0.05, 0.1) is 0 Å². The van der Waals surface area contributed by atoms with Crippen molar-refractivity contribution >= 4 is 87.5 Å². The number of carboxylic acid groups (broad SMARTS) is 6. The van der Waals surface area contributed by atoms with Crippen LogP contribution in [0, 0.1) is 0 Å². The Hall–Kier alpha value is -1.44.